The zero-order valence-corrected chi connectivity index (χ0v) is 17.2. The van der Waals surface area contributed by atoms with Crippen molar-refractivity contribution in [3.63, 3.8) is 0 Å². The third-order valence-corrected chi connectivity index (χ3v) is 4.54. The minimum Gasteiger partial charge on any atom is -0.356 e. The van der Waals surface area contributed by atoms with Gasteiger partial charge in [0.2, 0.25) is 5.91 Å². The largest absolute Gasteiger partial charge is 0.356 e. The molecule has 0 fully saturated rings. The number of nitrogens with zero attached hydrogens (tertiary/aromatic N) is 3. The van der Waals surface area contributed by atoms with Crippen molar-refractivity contribution in [1.29, 1.82) is 0 Å². The monoisotopic (exact) mass is 400 g/mol. The normalized spacial score (nSPS) is 10.6. The molecule has 0 aliphatic carbocycles. The maximum absolute atomic E-state index is 13.2. The quantitative estimate of drug-likeness (QED) is 0.584. The molecule has 0 aliphatic rings. The number of benzene rings is 1. The van der Waals surface area contributed by atoms with Crippen LogP contribution in [0, 0.1) is 12.7 Å². The molecule has 29 heavy (non-hydrogen) atoms. The number of nitrogens with one attached hydrogen (secondary N) is 1. The van der Waals surface area contributed by atoms with E-state index in [4.69, 9.17) is 0 Å². The number of halogens is 1. The van der Waals surface area contributed by atoms with Gasteiger partial charge in [-0.3, -0.25) is 14.6 Å². The van der Waals surface area contributed by atoms with Crippen LogP contribution in [0.2, 0.25) is 0 Å². The molecule has 156 valence electrons. The van der Waals surface area contributed by atoms with Crippen LogP contribution in [0.15, 0.2) is 36.7 Å². The van der Waals surface area contributed by atoms with E-state index in [1.807, 2.05) is 0 Å². The second-order valence-corrected chi connectivity index (χ2v) is 7.06. The highest BCUT2D eigenvalue weighted by Crippen LogP contribution is 2.11. The van der Waals surface area contributed by atoms with Crippen molar-refractivity contribution in [3.8, 4) is 0 Å². The van der Waals surface area contributed by atoms with Crippen molar-refractivity contribution in [2.24, 2.45) is 0 Å². The first-order valence-corrected chi connectivity index (χ1v) is 10.1. The van der Waals surface area contributed by atoms with Crippen LogP contribution in [-0.4, -0.2) is 39.8 Å². The smallest absolute Gasteiger partial charge is 0.274 e. The Labute approximate surface area is 171 Å². The van der Waals surface area contributed by atoms with E-state index in [2.05, 4.69) is 22.2 Å². The Morgan fingerprint density at radius 3 is 2.48 bits per heavy atom. The molecule has 1 aromatic heterocycles. The first kappa shape index (κ1) is 22.5. The van der Waals surface area contributed by atoms with Crippen LogP contribution >= 0.6 is 0 Å². The Bertz CT molecular complexity index is 778. The summed E-state index contributed by atoms with van der Waals surface area (Å²) in [5.41, 5.74) is 1.71. The molecule has 0 atom stereocenters. The van der Waals surface area contributed by atoms with Crippen molar-refractivity contribution in [2.45, 2.75) is 52.5 Å². The van der Waals surface area contributed by atoms with Crippen LogP contribution in [-0.2, 0) is 11.3 Å². The van der Waals surface area contributed by atoms with E-state index < -0.39 is 0 Å². The van der Waals surface area contributed by atoms with E-state index in [9.17, 15) is 14.0 Å². The number of carbonyl (C=O) groups is 2. The lowest BCUT2D eigenvalue weighted by atomic mass is 10.2. The fraction of sp³-hybridized carbons (Fsp3) is 0.455. The predicted octanol–water partition coefficient (Wildman–Crippen LogP) is 3.65. The summed E-state index contributed by atoms with van der Waals surface area (Å²) in [4.78, 5) is 34.9. The number of amides is 2. The molecule has 1 aromatic carbocycles. The highest BCUT2D eigenvalue weighted by molar-refractivity contribution is 5.92. The molecule has 2 rings (SSSR count). The van der Waals surface area contributed by atoms with Gasteiger partial charge in [-0.25, -0.2) is 9.37 Å². The number of aryl methyl sites for hydroxylation is 1. The lowest BCUT2D eigenvalue weighted by molar-refractivity contribution is -0.121. The molecule has 0 saturated carbocycles. The minimum atomic E-state index is -0.335. The summed E-state index contributed by atoms with van der Waals surface area (Å²) in [7, 11) is 0. The molecule has 2 amide bonds. The molecule has 0 spiro atoms. The summed E-state index contributed by atoms with van der Waals surface area (Å²) in [6, 6.07) is 5.97. The first-order chi connectivity index (χ1) is 14.0. The summed E-state index contributed by atoms with van der Waals surface area (Å²) >= 11 is 0. The molecule has 0 saturated heterocycles. The number of hydrogen-bond donors (Lipinski definition) is 1. The van der Waals surface area contributed by atoms with Crippen molar-refractivity contribution in [2.75, 3.05) is 13.1 Å². The van der Waals surface area contributed by atoms with E-state index in [0.717, 1.165) is 31.2 Å². The van der Waals surface area contributed by atoms with Gasteiger partial charge in [-0.2, -0.15) is 0 Å². The Balaban J connectivity index is 1.98. The first-order valence-electron chi connectivity index (χ1n) is 10.1. The van der Waals surface area contributed by atoms with E-state index in [0.29, 0.717) is 12.2 Å². The average molecular weight is 400 g/mol. The van der Waals surface area contributed by atoms with Crippen LogP contribution in [0.25, 0.3) is 0 Å². The van der Waals surface area contributed by atoms with Crippen LogP contribution in [0.4, 0.5) is 4.39 Å². The highest BCUT2D eigenvalue weighted by atomic mass is 19.1. The number of unbranched alkanes of at least 4 members (excludes halogenated alkanes) is 3. The van der Waals surface area contributed by atoms with E-state index in [1.54, 1.807) is 24.0 Å². The van der Waals surface area contributed by atoms with Gasteiger partial charge in [0.1, 0.15) is 11.5 Å². The second kappa shape index (κ2) is 11.9. The van der Waals surface area contributed by atoms with Gasteiger partial charge in [0, 0.05) is 32.3 Å². The summed E-state index contributed by atoms with van der Waals surface area (Å²) < 4.78 is 13.2. The fourth-order valence-electron chi connectivity index (χ4n) is 2.83. The molecule has 0 bridgehead atoms. The summed E-state index contributed by atoms with van der Waals surface area (Å²) in [6.07, 6.45) is 7.52. The predicted molar refractivity (Wildman–Crippen MR) is 110 cm³/mol. The van der Waals surface area contributed by atoms with Crippen LogP contribution in [0.1, 0.15) is 60.8 Å². The molecule has 1 N–H and O–H groups in total. The maximum atomic E-state index is 13.2. The van der Waals surface area contributed by atoms with Crippen LogP contribution in [0.3, 0.4) is 0 Å². The van der Waals surface area contributed by atoms with Gasteiger partial charge < -0.3 is 10.2 Å². The third-order valence-electron chi connectivity index (χ3n) is 4.54. The van der Waals surface area contributed by atoms with Gasteiger partial charge in [-0.15, -0.1) is 0 Å². The SMILES string of the molecule is CCCCCCNC(=O)CCN(Cc1ccc(F)cc1)C(=O)c1cnc(C)cn1. The summed E-state index contributed by atoms with van der Waals surface area (Å²) in [6.45, 7) is 5.09. The minimum absolute atomic E-state index is 0.0894. The fourth-order valence-corrected chi connectivity index (χ4v) is 2.83. The lowest BCUT2D eigenvalue weighted by Crippen LogP contribution is -2.35. The van der Waals surface area contributed by atoms with Gasteiger partial charge in [0.15, 0.2) is 0 Å². The number of carbonyl (C=O) groups excluding carboxylic acids is 2. The molecular weight excluding hydrogens is 371 g/mol. The van der Waals surface area contributed by atoms with Crippen LogP contribution in [0.5, 0.6) is 0 Å². The van der Waals surface area contributed by atoms with Gasteiger partial charge in [-0.05, 0) is 31.0 Å². The van der Waals surface area contributed by atoms with Crippen molar-refractivity contribution < 1.29 is 14.0 Å². The number of rotatable bonds is 11. The van der Waals surface area contributed by atoms with Gasteiger partial charge in [-0.1, -0.05) is 38.3 Å². The average Bonchev–Trinajstić information content (AvgIpc) is 2.72. The molecule has 2 aromatic rings. The Kier molecular flexibility index (Phi) is 9.21. The zero-order chi connectivity index (χ0) is 21.1. The van der Waals surface area contributed by atoms with E-state index >= 15 is 0 Å². The highest BCUT2D eigenvalue weighted by Gasteiger charge is 2.19. The zero-order valence-electron chi connectivity index (χ0n) is 17.2. The molecule has 6 nitrogen and oxygen atoms in total. The third kappa shape index (κ3) is 7.97. The molecule has 1 heterocycles. The van der Waals surface area contributed by atoms with Crippen molar-refractivity contribution >= 4 is 11.8 Å². The number of hydrogen-bond acceptors (Lipinski definition) is 4. The number of aromatic nitrogens is 2. The van der Waals surface area contributed by atoms with E-state index in [-0.39, 0.29) is 42.8 Å². The topological polar surface area (TPSA) is 75.2 Å². The summed E-state index contributed by atoms with van der Waals surface area (Å²) in [5, 5.41) is 2.90. The van der Waals surface area contributed by atoms with Gasteiger partial charge >= 0.3 is 0 Å². The van der Waals surface area contributed by atoms with Crippen molar-refractivity contribution in [1.82, 2.24) is 20.2 Å². The molecule has 0 unspecified atom stereocenters. The summed E-state index contributed by atoms with van der Waals surface area (Å²) in [5.74, 6) is -0.732. The Morgan fingerprint density at radius 1 is 1.07 bits per heavy atom. The second-order valence-electron chi connectivity index (χ2n) is 7.06. The Hall–Kier alpha value is -2.83. The Morgan fingerprint density at radius 2 is 1.83 bits per heavy atom. The standard InChI is InChI=1S/C22H29FN4O2/c1-3-4-5-6-12-24-21(28)11-13-27(16-18-7-9-19(23)10-8-18)22(29)20-15-25-17(2)14-26-20/h7-10,14-15H,3-6,11-13,16H2,1-2H3,(H,24,28). The molecule has 7 heteroatoms. The molecule has 0 radical (unpaired) electrons. The van der Waals surface area contributed by atoms with E-state index in [1.165, 1.54) is 24.5 Å². The molecular formula is C22H29FN4O2. The lowest BCUT2D eigenvalue weighted by Gasteiger charge is -2.22. The molecule has 0 aliphatic heterocycles. The van der Waals surface area contributed by atoms with Crippen LogP contribution < -0.4 is 5.32 Å². The maximum Gasteiger partial charge on any atom is 0.274 e. The van der Waals surface area contributed by atoms with Gasteiger partial charge in [0.05, 0.1) is 11.9 Å². The van der Waals surface area contributed by atoms with Gasteiger partial charge in [0.25, 0.3) is 5.91 Å². The van der Waals surface area contributed by atoms with Crippen molar-refractivity contribution in [3.05, 3.63) is 59.4 Å².